The Bertz CT molecular complexity index is 780. The predicted molar refractivity (Wildman–Crippen MR) is 94.6 cm³/mol. The van der Waals surface area contributed by atoms with Crippen LogP contribution < -0.4 is 15.8 Å². The van der Waals surface area contributed by atoms with Gasteiger partial charge in [0.15, 0.2) is 6.10 Å². The Labute approximate surface area is 146 Å². The molecule has 130 valence electrons. The standard InChI is InChI=1S/C19H21N3O3/c1-12-10-17(20)22-13(2)15(12)11-21-19(23)16-8-9-18(25-16)24-14-6-4-3-5-7-14/h3-7,9-10,16H,8,11H2,1-2H3,(H2,20,22)(H,21,23). The number of anilines is 1. The minimum absolute atomic E-state index is 0.182. The molecule has 0 spiro atoms. The first-order valence-electron chi connectivity index (χ1n) is 8.13. The monoisotopic (exact) mass is 339 g/mol. The zero-order chi connectivity index (χ0) is 17.8. The SMILES string of the molecule is Cc1cc(N)nc(C)c1CNC(=O)C1CC=C(Oc2ccccc2)O1. The van der Waals surface area contributed by atoms with Crippen LogP contribution in [0.5, 0.6) is 5.75 Å². The van der Waals surface area contributed by atoms with Gasteiger partial charge in [-0.25, -0.2) is 4.98 Å². The maximum Gasteiger partial charge on any atom is 0.281 e. The van der Waals surface area contributed by atoms with Crippen molar-refractivity contribution in [2.75, 3.05) is 5.73 Å². The van der Waals surface area contributed by atoms with Crippen LogP contribution >= 0.6 is 0 Å². The number of carbonyl (C=O) groups is 1. The highest BCUT2D eigenvalue weighted by molar-refractivity contribution is 5.81. The topological polar surface area (TPSA) is 86.5 Å². The predicted octanol–water partition coefficient (Wildman–Crippen LogP) is 2.61. The van der Waals surface area contributed by atoms with Crippen molar-refractivity contribution in [2.24, 2.45) is 0 Å². The summed E-state index contributed by atoms with van der Waals surface area (Å²) in [5.41, 5.74) is 8.51. The fourth-order valence-electron chi connectivity index (χ4n) is 2.72. The summed E-state index contributed by atoms with van der Waals surface area (Å²) in [6, 6.07) is 11.1. The third kappa shape index (κ3) is 4.09. The van der Waals surface area contributed by atoms with Crippen LogP contribution in [0, 0.1) is 13.8 Å². The Morgan fingerprint density at radius 3 is 2.84 bits per heavy atom. The maximum atomic E-state index is 12.3. The van der Waals surface area contributed by atoms with E-state index in [1.807, 2.05) is 44.2 Å². The van der Waals surface area contributed by atoms with E-state index >= 15 is 0 Å². The lowest BCUT2D eigenvalue weighted by Crippen LogP contribution is -2.34. The summed E-state index contributed by atoms with van der Waals surface area (Å²) in [5, 5.41) is 2.89. The quantitative estimate of drug-likeness (QED) is 0.874. The number of amides is 1. The number of aromatic nitrogens is 1. The van der Waals surface area contributed by atoms with E-state index in [4.69, 9.17) is 15.2 Å². The molecule has 1 aliphatic rings. The van der Waals surface area contributed by atoms with Crippen molar-refractivity contribution < 1.29 is 14.3 Å². The highest BCUT2D eigenvalue weighted by atomic mass is 16.7. The number of aryl methyl sites for hydroxylation is 2. The Kier molecular flexibility index (Phi) is 4.88. The lowest BCUT2D eigenvalue weighted by molar-refractivity contribution is -0.130. The van der Waals surface area contributed by atoms with Gasteiger partial charge in [-0.15, -0.1) is 0 Å². The molecule has 2 heterocycles. The number of nitrogens with two attached hydrogens (primary N) is 1. The molecule has 1 atom stereocenters. The highest BCUT2D eigenvalue weighted by Gasteiger charge is 2.27. The second kappa shape index (κ2) is 7.25. The fourth-order valence-corrected chi connectivity index (χ4v) is 2.72. The summed E-state index contributed by atoms with van der Waals surface area (Å²) in [6.45, 7) is 4.22. The minimum atomic E-state index is -0.582. The van der Waals surface area contributed by atoms with Crippen molar-refractivity contribution in [3.8, 4) is 5.75 Å². The van der Waals surface area contributed by atoms with E-state index in [2.05, 4.69) is 10.3 Å². The molecule has 0 fully saturated rings. The molecule has 1 amide bonds. The molecule has 0 bridgehead atoms. The zero-order valence-corrected chi connectivity index (χ0v) is 14.3. The lowest BCUT2D eigenvalue weighted by atomic mass is 10.1. The molecule has 25 heavy (non-hydrogen) atoms. The van der Waals surface area contributed by atoms with Crippen LogP contribution in [-0.4, -0.2) is 17.0 Å². The number of para-hydroxylation sites is 1. The number of hydrogen-bond acceptors (Lipinski definition) is 5. The van der Waals surface area contributed by atoms with Gasteiger partial charge in [0.2, 0.25) is 0 Å². The first kappa shape index (κ1) is 16.8. The number of pyridine rings is 1. The van der Waals surface area contributed by atoms with Crippen molar-refractivity contribution >= 4 is 11.7 Å². The van der Waals surface area contributed by atoms with Crippen LogP contribution in [0.1, 0.15) is 23.2 Å². The molecule has 6 nitrogen and oxygen atoms in total. The molecule has 1 aromatic heterocycles. The van der Waals surface area contributed by atoms with Gasteiger partial charge in [0.05, 0.1) is 0 Å². The summed E-state index contributed by atoms with van der Waals surface area (Å²) in [4.78, 5) is 16.6. The molecule has 1 aliphatic heterocycles. The molecular formula is C19H21N3O3. The summed E-state index contributed by atoms with van der Waals surface area (Å²) in [7, 11) is 0. The second-order valence-electron chi connectivity index (χ2n) is 5.93. The lowest BCUT2D eigenvalue weighted by Gasteiger charge is -2.15. The number of nitrogens with zero attached hydrogens (tertiary/aromatic N) is 1. The molecule has 3 rings (SSSR count). The van der Waals surface area contributed by atoms with Gasteiger partial charge in [-0.1, -0.05) is 18.2 Å². The number of nitrogen functional groups attached to an aromatic ring is 1. The molecule has 0 radical (unpaired) electrons. The van der Waals surface area contributed by atoms with Crippen LogP contribution in [0.2, 0.25) is 0 Å². The molecule has 0 saturated carbocycles. The van der Waals surface area contributed by atoms with Gasteiger partial charge in [-0.05, 0) is 43.2 Å². The van der Waals surface area contributed by atoms with Gasteiger partial charge in [-0.3, -0.25) is 4.79 Å². The molecular weight excluding hydrogens is 318 g/mol. The van der Waals surface area contributed by atoms with E-state index in [9.17, 15) is 4.79 Å². The summed E-state index contributed by atoms with van der Waals surface area (Å²) in [6.07, 6.45) is 1.67. The smallest absolute Gasteiger partial charge is 0.281 e. The van der Waals surface area contributed by atoms with Crippen LogP contribution in [0.25, 0.3) is 0 Å². The molecule has 6 heteroatoms. The van der Waals surface area contributed by atoms with Crippen LogP contribution in [0.4, 0.5) is 5.82 Å². The van der Waals surface area contributed by atoms with E-state index in [0.29, 0.717) is 30.5 Å². The number of rotatable bonds is 5. The van der Waals surface area contributed by atoms with E-state index < -0.39 is 6.10 Å². The van der Waals surface area contributed by atoms with Crippen molar-refractivity contribution in [3.63, 3.8) is 0 Å². The number of carbonyl (C=O) groups excluding carboxylic acids is 1. The number of nitrogens with one attached hydrogen (secondary N) is 1. The molecule has 0 aliphatic carbocycles. The highest BCUT2D eigenvalue weighted by Crippen LogP contribution is 2.22. The van der Waals surface area contributed by atoms with Gasteiger partial charge < -0.3 is 20.5 Å². The van der Waals surface area contributed by atoms with E-state index in [1.54, 1.807) is 12.1 Å². The molecule has 1 aromatic carbocycles. The summed E-state index contributed by atoms with van der Waals surface area (Å²) >= 11 is 0. The fraction of sp³-hybridized carbons (Fsp3) is 0.263. The van der Waals surface area contributed by atoms with Crippen LogP contribution in [0.3, 0.4) is 0 Å². The normalized spacial score (nSPS) is 16.1. The van der Waals surface area contributed by atoms with E-state index in [1.165, 1.54) is 0 Å². The van der Waals surface area contributed by atoms with Gasteiger partial charge in [0.25, 0.3) is 11.9 Å². The molecule has 3 N–H and O–H groups in total. The van der Waals surface area contributed by atoms with E-state index in [0.717, 1.165) is 16.8 Å². The summed E-state index contributed by atoms with van der Waals surface area (Å²) < 4.78 is 11.2. The zero-order valence-electron chi connectivity index (χ0n) is 14.3. The number of ether oxygens (including phenoxy) is 2. The van der Waals surface area contributed by atoms with Crippen LogP contribution in [0.15, 0.2) is 48.4 Å². The average Bonchev–Trinajstić information content (AvgIpc) is 3.03. The Balaban J connectivity index is 1.54. The van der Waals surface area contributed by atoms with Crippen molar-refractivity contribution in [3.05, 3.63) is 65.2 Å². The first-order valence-corrected chi connectivity index (χ1v) is 8.13. The molecule has 0 saturated heterocycles. The number of hydrogen-bond donors (Lipinski definition) is 2. The molecule has 2 aromatic rings. The van der Waals surface area contributed by atoms with Gasteiger partial charge in [-0.2, -0.15) is 0 Å². The largest absolute Gasteiger partial charge is 0.452 e. The Morgan fingerprint density at radius 2 is 2.12 bits per heavy atom. The average molecular weight is 339 g/mol. The van der Waals surface area contributed by atoms with Crippen molar-refractivity contribution in [1.29, 1.82) is 0 Å². The van der Waals surface area contributed by atoms with Crippen LogP contribution in [-0.2, 0) is 16.1 Å². The van der Waals surface area contributed by atoms with Crippen molar-refractivity contribution in [2.45, 2.75) is 32.9 Å². The van der Waals surface area contributed by atoms with Gasteiger partial charge in [0.1, 0.15) is 11.6 Å². The third-order valence-electron chi connectivity index (χ3n) is 4.02. The van der Waals surface area contributed by atoms with Crippen molar-refractivity contribution in [1.82, 2.24) is 10.3 Å². The number of benzene rings is 1. The Hall–Kier alpha value is -3.02. The first-order chi connectivity index (χ1) is 12.0. The van der Waals surface area contributed by atoms with E-state index in [-0.39, 0.29) is 5.91 Å². The minimum Gasteiger partial charge on any atom is -0.452 e. The third-order valence-corrected chi connectivity index (χ3v) is 4.02. The maximum absolute atomic E-state index is 12.3. The Morgan fingerprint density at radius 1 is 1.36 bits per heavy atom. The van der Waals surface area contributed by atoms with Gasteiger partial charge in [0, 0.05) is 24.7 Å². The summed E-state index contributed by atoms with van der Waals surface area (Å²) in [5.74, 6) is 1.33. The molecule has 1 unspecified atom stereocenters. The van der Waals surface area contributed by atoms with Gasteiger partial charge >= 0.3 is 0 Å². The second-order valence-corrected chi connectivity index (χ2v) is 5.93.